The lowest BCUT2D eigenvalue weighted by molar-refractivity contribution is 0.0643. The molecule has 0 atom stereocenters. The highest BCUT2D eigenvalue weighted by Gasteiger charge is 2.36. The number of piperidine rings is 1. The second-order valence-corrected chi connectivity index (χ2v) is 9.34. The Bertz CT molecular complexity index is 910. The third-order valence-corrected chi connectivity index (χ3v) is 7.09. The number of carbonyl (C=O) groups is 1. The summed E-state index contributed by atoms with van der Waals surface area (Å²) in [6.07, 6.45) is 8.69. The van der Waals surface area contributed by atoms with Crippen LogP contribution in [0.3, 0.4) is 0 Å². The van der Waals surface area contributed by atoms with Crippen LogP contribution in [0.2, 0.25) is 10.0 Å². The first-order valence-corrected chi connectivity index (χ1v) is 11.4. The molecule has 1 aliphatic carbocycles. The zero-order chi connectivity index (χ0) is 20.0. The second kappa shape index (κ2) is 7.93. The smallest absolute Gasteiger partial charge is 0.257 e. The largest absolute Gasteiger partial charge is 0.338 e. The van der Waals surface area contributed by atoms with Crippen molar-refractivity contribution >= 4 is 29.1 Å². The highest BCUT2D eigenvalue weighted by molar-refractivity contribution is 6.35. The first-order chi connectivity index (χ1) is 14.1. The molecule has 1 aromatic carbocycles. The number of halogens is 2. The van der Waals surface area contributed by atoms with E-state index < -0.39 is 0 Å². The van der Waals surface area contributed by atoms with E-state index in [1.807, 2.05) is 21.7 Å². The van der Waals surface area contributed by atoms with Crippen LogP contribution < -0.4 is 0 Å². The first kappa shape index (κ1) is 19.4. The SMILES string of the molecule is O=C(c1cnn(-c2ccc(Cl)cc2Cl)c1C1CC1)N1CCC(N2CCCC2)CC1. The van der Waals surface area contributed by atoms with E-state index in [1.54, 1.807) is 12.3 Å². The van der Waals surface area contributed by atoms with E-state index in [0.29, 0.717) is 22.0 Å². The van der Waals surface area contributed by atoms with Crippen LogP contribution in [0.15, 0.2) is 24.4 Å². The molecule has 2 aliphatic heterocycles. The average molecular weight is 433 g/mol. The fourth-order valence-corrected chi connectivity index (χ4v) is 5.32. The van der Waals surface area contributed by atoms with E-state index in [1.165, 1.54) is 25.9 Å². The number of nitrogens with zero attached hydrogens (tertiary/aromatic N) is 4. The molecule has 1 aromatic heterocycles. The molecule has 0 radical (unpaired) electrons. The van der Waals surface area contributed by atoms with Gasteiger partial charge < -0.3 is 9.80 Å². The summed E-state index contributed by atoms with van der Waals surface area (Å²) in [5, 5.41) is 5.71. The minimum absolute atomic E-state index is 0.114. The molecule has 0 bridgehead atoms. The van der Waals surface area contributed by atoms with Gasteiger partial charge in [0, 0.05) is 30.1 Å². The van der Waals surface area contributed by atoms with Gasteiger partial charge in [0.15, 0.2) is 0 Å². The summed E-state index contributed by atoms with van der Waals surface area (Å²) in [7, 11) is 0. The molecule has 154 valence electrons. The summed E-state index contributed by atoms with van der Waals surface area (Å²) in [6.45, 7) is 4.10. The Labute approximate surface area is 181 Å². The maximum Gasteiger partial charge on any atom is 0.257 e. The van der Waals surface area contributed by atoms with Crippen LogP contribution >= 0.6 is 23.2 Å². The van der Waals surface area contributed by atoms with Crippen LogP contribution in [0, 0.1) is 0 Å². The molecule has 2 aromatic rings. The number of rotatable bonds is 4. The van der Waals surface area contributed by atoms with E-state index in [-0.39, 0.29) is 5.91 Å². The van der Waals surface area contributed by atoms with Crippen LogP contribution in [-0.2, 0) is 0 Å². The Morgan fingerprint density at radius 1 is 1.00 bits per heavy atom. The van der Waals surface area contributed by atoms with Gasteiger partial charge in [-0.3, -0.25) is 4.79 Å². The number of hydrogen-bond donors (Lipinski definition) is 0. The Hall–Kier alpha value is -1.56. The van der Waals surface area contributed by atoms with Gasteiger partial charge in [0.25, 0.3) is 5.91 Å². The highest BCUT2D eigenvalue weighted by atomic mass is 35.5. The predicted molar refractivity (Wildman–Crippen MR) is 115 cm³/mol. The van der Waals surface area contributed by atoms with Crippen LogP contribution in [0.25, 0.3) is 5.69 Å². The fraction of sp³-hybridized carbons (Fsp3) is 0.545. The molecule has 1 amide bonds. The number of benzene rings is 1. The third-order valence-electron chi connectivity index (χ3n) is 6.55. The Morgan fingerprint density at radius 3 is 2.38 bits per heavy atom. The molecule has 3 heterocycles. The first-order valence-electron chi connectivity index (χ1n) is 10.7. The lowest BCUT2D eigenvalue weighted by atomic mass is 10.0. The molecule has 29 heavy (non-hydrogen) atoms. The molecular formula is C22H26Cl2N4O. The second-order valence-electron chi connectivity index (χ2n) is 8.49. The molecule has 1 saturated carbocycles. The number of hydrogen-bond acceptors (Lipinski definition) is 3. The Balaban J connectivity index is 1.37. The van der Waals surface area contributed by atoms with E-state index in [2.05, 4.69) is 10.00 Å². The minimum Gasteiger partial charge on any atom is -0.338 e. The standard InChI is InChI=1S/C22H26Cl2N4O/c23-16-5-6-20(19(24)13-16)28-21(15-3-4-15)18(14-25-28)22(29)27-11-7-17(8-12-27)26-9-1-2-10-26/h5-6,13-15,17H,1-4,7-12H2. The zero-order valence-corrected chi connectivity index (χ0v) is 18.0. The van der Waals surface area contributed by atoms with Crippen LogP contribution in [0.5, 0.6) is 0 Å². The van der Waals surface area contributed by atoms with Crippen molar-refractivity contribution in [2.24, 2.45) is 0 Å². The summed E-state index contributed by atoms with van der Waals surface area (Å²) in [5.41, 5.74) is 2.52. The van der Waals surface area contributed by atoms with E-state index in [4.69, 9.17) is 23.2 Å². The van der Waals surface area contributed by atoms with Gasteiger partial charge in [0.2, 0.25) is 0 Å². The van der Waals surface area contributed by atoms with Crippen molar-refractivity contribution in [2.45, 2.75) is 50.5 Å². The lowest BCUT2D eigenvalue weighted by Crippen LogP contribution is -2.46. The number of amides is 1. The van der Waals surface area contributed by atoms with E-state index >= 15 is 0 Å². The average Bonchev–Trinajstić information content (AvgIpc) is 3.24. The monoisotopic (exact) mass is 432 g/mol. The Morgan fingerprint density at radius 2 is 1.72 bits per heavy atom. The van der Waals surface area contributed by atoms with E-state index in [0.717, 1.165) is 55.7 Å². The van der Waals surface area contributed by atoms with Gasteiger partial charge in [-0.2, -0.15) is 5.10 Å². The van der Waals surface area contributed by atoms with E-state index in [9.17, 15) is 4.79 Å². The normalized spacial score (nSPS) is 21.1. The van der Waals surface area contributed by atoms with Crippen molar-refractivity contribution in [3.05, 3.63) is 45.7 Å². The van der Waals surface area contributed by atoms with Crippen molar-refractivity contribution in [1.82, 2.24) is 19.6 Å². The molecule has 2 saturated heterocycles. The summed E-state index contributed by atoms with van der Waals surface area (Å²) in [4.78, 5) is 18.0. The molecule has 3 fully saturated rings. The van der Waals surface area contributed by atoms with Crippen molar-refractivity contribution in [3.8, 4) is 5.69 Å². The van der Waals surface area contributed by atoms with Gasteiger partial charge in [0.05, 0.1) is 28.2 Å². The summed E-state index contributed by atoms with van der Waals surface area (Å²) < 4.78 is 1.85. The van der Waals surface area contributed by atoms with Gasteiger partial charge in [-0.1, -0.05) is 23.2 Å². The molecular weight excluding hydrogens is 407 g/mol. The number of aromatic nitrogens is 2. The van der Waals surface area contributed by atoms with Gasteiger partial charge >= 0.3 is 0 Å². The van der Waals surface area contributed by atoms with Crippen LogP contribution in [0.4, 0.5) is 0 Å². The van der Waals surface area contributed by atoms with Gasteiger partial charge in [-0.15, -0.1) is 0 Å². The minimum atomic E-state index is 0.114. The molecule has 5 rings (SSSR count). The summed E-state index contributed by atoms with van der Waals surface area (Å²) >= 11 is 12.5. The third kappa shape index (κ3) is 3.80. The molecule has 0 N–H and O–H groups in total. The maximum atomic E-state index is 13.4. The topological polar surface area (TPSA) is 41.4 Å². The number of likely N-dealkylation sites (tertiary alicyclic amines) is 2. The van der Waals surface area contributed by atoms with Crippen LogP contribution in [-0.4, -0.2) is 57.7 Å². The summed E-state index contributed by atoms with van der Waals surface area (Å²) in [6, 6.07) is 6.05. The van der Waals surface area contributed by atoms with Crippen molar-refractivity contribution in [2.75, 3.05) is 26.2 Å². The fourth-order valence-electron chi connectivity index (χ4n) is 4.83. The number of carbonyl (C=O) groups excluding carboxylic acids is 1. The molecule has 3 aliphatic rings. The van der Waals surface area contributed by atoms with Gasteiger partial charge in [-0.05, 0) is 69.8 Å². The molecule has 0 unspecified atom stereocenters. The summed E-state index contributed by atoms with van der Waals surface area (Å²) in [5.74, 6) is 0.494. The highest BCUT2D eigenvalue weighted by Crippen LogP contribution is 2.43. The van der Waals surface area contributed by atoms with Crippen molar-refractivity contribution in [3.63, 3.8) is 0 Å². The van der Waals surface area contributed by atoms with Gasteiger partial charge in [-0.25, -0.2) is 4.68 Å². The molecule has 7 heteroatoms. The van der Waals surface area contributed by atoms with Crippen molar-refractivity contribution in [1.29, 1.82) is 0 Å². The molecule has 0 spiro atoms. The van der Waals surface area contributed by atoms with Gasteiger partial charge in [0.1, 0.15) is 0 Å². The predicted octanol–water partition coefficient (Wildman–Crippen LogP) is 4.76. The maximum absolute atomic E-state index is 13.4. The van der Waals surface area contributed by atoms with Crippen molar-refractivity contribution < 1.29 is 4.79 Å². The molecule has 5 nitrogen and oxygen atoms in total. The van der Waals surface area contributed by atoms with Crippen LogP contribution in [0.1, 0.15) is 60.5 Å². The quantitative estimate of drug-likeness (QED) is 0.699. The Kier molecular flexibility index (Phi) is 5.31. The lowest BCUT2D eigenvalue weighted by Gasteiger charge is -2.36. The zero-order valence-electron chi connectivity index (χ0n) is 16.5.